The molecule has 1 saturated heterocycles. The van der Waals surface area contributed by atoms with Gasteiger partial charge in [-0.15, -0.1) is 0 Å². The molecule has 106 valence electrons. The molecule has 1 aromatic carbocycles. The van der Waals surface area contributed by atoms with Gasteiger partial charge in [-0.2, -0.15) is 0 Å². The summed E-state index contributed by atoms with van der Waals surface area (Å²) in [7, 11) is 0. The normalized spacial score (nSPS) is 35.1. The van der Waals surface area contributed by atoms with Crippen LogP contribution >= 0.6 is 0 Å². The monoisotopic (exact) mass is 271 g/mol. The second-order valence-corrected chi connectivity index (χ2v) is 4.44. The first-order chi connectivity index (χ1) is 9.02. The Bertz CT molecular complexity index is 426. The summed E-state index contributed by atoms with van der Waals surface area (Å²) < 4.78 is 5.27. The van der Waals surface area contributed by atoms with Crippen molar-refractivity contribution in [3.8, 4) is 5.75 Å². The van der Waals surface area contributed by atoms with E-state index in [1.54, 1.807) is 12.1 Å². The Kier molecular flexibility index (Phi) is 4.23. The SMILES string of the molecule is OC[C@@H]1O[C@H](Nc2cccc(O)c2)[C@H](O)[C@@H](O)[C@H]1O. The van der Waals surface area contributed by atoms with E-state index in [0.717, 1.165) is 0 Å². The fourth-order valence-corrected chi connectivity index (χ4v) is 1.98. The van der Waals surface area contributed by atoms with Crippen molar-refractivity contribution in [1.82, 2.24) is 0 Å². The first kappa shape index (κ1) is 14.0. The molecule has 1 heterocycles. The van der Waals surface area contributed by atoms with E-state index in [0.29, 0.717) is 5.69 Å². The van der Waals surface area contributed by atoms with Gasteiger partial charge in [-0.3, -0.25) is 0 Å². The van der Waals surface area contributed by atoms with Crippen molar-refractivity contribution in [1.29, 1.82) is 0 Å². The van der Waals surface area contributed by atoms with Gasteiger partial charge in [0.05, 0.1) is 6.61 Å². The molecule has 5 atom stereocenters. The van der Waals surface area contributed by atoms with E-state index in [1.165, 1.54) is 12.1 Å². The first-order valence-corrected chi connectivity index (χ1v) is 5.89. The van der Waals surface area contributed by atoms with Gasteiger partial charge in [-0.1, -0.05) is 6.07 Å². The Labute approximate surface area is 109 Å². The van der Waals surface area contributed by atoms with Crippen molar-refractivity contribution in [3.05, 3.63) is 24.3 Å². The van der Waals surface area contributed by atoms with Crippen LogP contribution in [0.4, 0.5) is 5.69 Å². The van der Waals surface area contributed by atoms with E-state index in [1.807, 2.05) is 0 Å². The third-order valence-electron chi connectivity index (χ3n) is 3.05. The molecule has 7 heteroatoms. The van der Waals surface area contributed by atoms with E-state index in [-0.39, 0.29) is 5.75 Å². The lowest BCUT2D eigenvalue weighted by Gasteiger charge is -2.40. The second-order valence-electron chi connectivity index (χ2n) is 4.44. The topological polar surface area (TPSA) is 122 Å². The van der Waals surface area contributed by atoms with Crippen LogP contribution in [0, 0.1) is 0 Å². The highest BCUT2D eigenvalue weighted by Gasteiger charge is 2.43. The molecule has 0 unspecified atom stereocenters. The molecule has 0 spiro atoms. The molecule has 0 saturated carbocycles. The summed E-state index contributed by atoms with van der Waals surface area (Å²) in [6.45, 7) is -0.483. The molecule has 6 N–H and O–H groups in total. The number of aromatic hydroxyl groups is 1. The Morgan fingerprint density at radius 1 is 1.11 bits per heavy atom. The number of benzene rings is 1. The molecule has 0 bridgehead atoms. The third-order valence-corrected chi connectivity index (χ3v) is 3.05. The van der Waals surface area contributed by atoms with E-state index in [4.69, 9.17) is 9.84 Å². The van der Waals surface area contributed by atoms with Crippen molar-refractivity contribution in [2.24, 2.45) is 0 Å². The zero-order chi connectivity index (χ0) is 14.0. The van der Waals surface area contributed by atoms with Crippen LogP contribution in [0.25, 0.3) is 0 Å². The highest BCUT2D eigenvalue weighted by atomic mass is 16.6. The van der Waals surface area contributed by atoms with Crippen LogP contribution in [0.5, 0.6) is 5.75 Å². The van der Waals surface area contributed by atoms with Crippen LogP contribution in [0.1, 0.15) is 0 Å². The summed E-state index contributed by atoms with van der Waals surface area (Å²) in [5.41, 5.74) is 0.476. The van der Waals surface area contributed by atoms with E-state index in [2.05, 4.69) is 5.32 Å². The van der Waals surface area contributed by atoms with Crippen molar-refractivity contribution in [2.75, 3.05) is 11.9 Å². The number of aliphatic hydroxyl groups excluding tert-OH is 4. The minimum atomic E-state index is -1.43. The quantitative estimate of drug-likeness (QED) is 0.400. The second kappa shape index (κ2) is 5.72. The minimum absolute atomic E-state index is 0.0367. The number of hydrogen-bond acceptors (Lipinski definition) is 7. The molecule has 1 aliphatic heterocycles. The van der Waals surface area contributed by atoms with Gasteiger partial charge < -0.3 is 35.6 Å². The maximum absolute atomic E-state index is 9.81. The van der Waals surface area contributed by atoms with Crippen molar-refractivity contribution < 1.29 is 30.3 Å². The maximum Gasteiger partial charge on any atom is 0.157 e. The molecule has 7 nitrogen and oxygen atoms in total. The average Bonchev–Trinajstić information content (AvgIpc) is 2.39. The molecule has 0 radical (unpaired) electrons. The van der Waals surface area contributed by atoms with Crippen LogP contribution in [0.2, 0.25) is 0 Å². The molecule has 0 aromatic heterocycles. The number of nitrogens with one attached hydrogen (secondary N) is 1. The summed E-state index contributed by atoms with van der Waals surface area (Å²) in [5.74, 6) is 0.0367. The first-order valence-electron chi connectivity index (χ1n) is 5.89. The van der Waals surface area contributed by atoms with Gasteiger partial charge in [0.15, 0.2) is 6.23 Å². The molecule has 1 aromatic rings. The molecule has 19 heavy (non-hydrogen) atoms. The lowest BCUT2D eigenvalue weighted by Crippen LogP contribution is -2.60. The fourth-order valence-electron chi connectivity index (χ4n) is 1.98. The Balaban J connectivity index is 2.10. The van der Waals surface area contributed by atoms with Gasteiger partial charge in [-0.05, 0) is 12.1 Å². The van der Waals surface area contributed by atoms with E-state index in [9.17, 15) is 20.4 Å². The molecule has 1 fully saturated rings. The molecule has 0 amide bonds. The van der Waals surface area contributed by atoms with Crippen LogP contribution in [-0.2, 0) is 4.74 Å². The lowest BCUT2D eigenvalue weighted by molar-refractivity contribution is -0.221. The molecular weight excluding hydrogens is 254 g/mol. The third kappa shape index (κ3) is 2.96. The van der Waals surface area contributed by atoms with Gasteiger partial charge in [-0.25, -0.2) is 0 Å². The predicted octanol–water partition coefficient (Wildman–Crippen LogP) is -1.40. The Morgan fingerprint density at radius 3 is 2.47 bits per heavy atom. The van der Waals surface area contributed by atoms with Crippen molar-refractivity contribution in [2.45, 2.75) is 30.6 Å². The number of phenolic OH excluding ortho intramolecular Hbond substituents is 1. The summed E-state index contributed by atoms with van der Waals surface area (Å²) in [5, 5.41) is 50.2. The summed E-state index contributed by atoms with van der Waals surface area (Å²) in [6, 6.07) is 6.14. The van der Waals surface area contributed by atoms with Crippen molar-refractivity contribution >= 4 is 5.69 Å². The summed E-state index contributed by atoms with van der Waals surface area (Å²) in [4.78, 5) is 0. The standard InChI is InChI=1S/C12H17NO6/c14-5-8-9(16)10(17)11(18)12(19-8)13-6-2-1-3-7(15)4-6/h1-4,8-18H,5H2/t8-,9-,10-,11+,12-/m0/s1. The number of anilines is 1. The predicted molar refractivity (Wildman–Crippen MR) is 65.5 cm³/mol. The highest BCUT2D eigenvalue weighted by Crippen LogP contribution is 2.24. The molecule has 1 aliphatic rings. The number of ether oxygens (including phenoxy) is 1. The van der Waals surface area contributed by atoms with Crippen LogP contribution in [-0.4, -0.2) is 62.8 Å². The fraction of sp³-hybridized carbons (Fsp3) is 0.500. The molecule has 2 rings (SSSR count). The Morgan fingerprint density at radius 2 is 1.84 bits per heavy atom. The summed E-state index contributed by atoms with van der Waals surface area (Å²) in [6.07, 6.45) is -6.14. The number of phenols is 1. The molecule has 0 aliphatic carbocycles. The van der Waals surface area contributed by atoms with Gasteiger partial charge in [0.1, 0.15) is 30.2 Å². The van der Waals surface area contributed by atoms with Crippen LogP contribution < -0.4 is 5.32 Å². The zero-order valence-electron chi connectivity index (χ0n) is 10.0. The van der Waals surface area contributed by atoms with Crippen LogP contribution in [0.3, 0.4) is 0 Å². The van der Waals surface area contributed by atoms with Gasteiger partial charge >= 0.3 is 0 Å². The highest BCUT2D eigenvalue weighted by molar-refractivity contribution is 5.48. The number of hydrogen-bond donors (Lipinski definition) is 6. The zero-order valence-corrected chi connectivity index (χ0v) is 10.0. The molecular formula is C12H17NO6. The summed E-state index contributed by atoms with van der Waals surface area (Å²) >= 11 is 0. The lowest BCUT2D eigenvalue weighted by atomic mass is 9.98. The van der Waals surface area contributed by atoms with Gasteiger partial charge in [0.2, 0.25) is 0 Å². The average molecular weight is 271 g/mol. The van der Waals surface area contributed by atoms with E-state index >= 15 is 0 Å². The van der Waals surface area contributed by atoms with E-state index < -0.39 is 37.3 Å². The number of rotatable bonds is 3. The van der Waals surface area contributed by atoms with Crippen LogP contribution in [0.15, 0.2) is 24.3 Å². The van der Waals surface area contributed by atoms with Gasteiger partial charge in [0.25, 0.3) is 0 Å². The van der Waals surface area contributed by atoms with Gasteiger partial charge in [0, 0.05) is 11.8 Å². The minimum Gasteiger partial charge on any atom is -0.508 e. The Hall–Kier alpha value is -1.38. The number of aliphatic hydroxyl groups is 4. The van der Waals surface area contributed by atoms with Crippen molar-refractivity contribution in [3.63, 3.8) is 0 Å². The largest absolute Gasteiger partial charge is 0.508 e. The smallest absolute Gasteiger partial charge is 0.157 e. The maximum atomic E-state index is 9.81.